The zero-order valence-electron chi connectivity index (χ0n) is 10.3. The van der Waals surface area contributed by atoms with Crippen molar-refractivity contribution in [3.63, 3.8) is 0 Å². The smallest absolute Gasteiger partial charge is 0.113 e. The van der Waals surface area contributed by atoms with E-state index in [1.807, 2.05) is 7.05 Å². The summed E-state index contributed by atoms with van der Waals surface area (Å²) in [6, 6.07) is 6.47. The van der Waals surface area contributed by atoms with Crippen LogP contribution in [0.15, 0.2) is 34.5 Å². The topological polar surface area (TPSA) is 21.3 Å². The van der Waals surface area contributed by atoms with Crippen LogP contribution in [-0.4, -0.2) is 13.7 Å². The molecule has 1 N–H and O–H groups in total. The molecule has 3 heteroatoms. The van der Waals surface area contributed by atoms with Crippen molar-refractivity contribution in [3.8, 4) is 0 Å². The monoisotopic (exact) mass is 295 g/mol. The summed E-state index contributed by atoms with van der Waals surface area (Å²) in [7, 11) is 1.97. The molecule has 0 spiro atoms. The Balaban J connectivity index is 2.34. The van der Waals surface area contributed by atoms with Gasteiger partial charge in [-0.1, -0.05) is 34.1 Å². The summed E-state index contributed by atoms with van der Waals surface area (Å²) < 4.78 is 6.92. The first-order valence-corrected chi connectivity index (χ1v) is 6.78. The molecule has 1 aromatic rings. The van der Waals surface area contributed by atoms with Crippen molar-refractivity contribution in [3.05, 3.63) is 45.6 Å². The molecule has 0 saturated carbocycles. The van der Waals surface area contributed by atoms with Crippen molar-refractivity contribution < 1.29 is 4.74 Å². The normalized spacial score (nSPS) is 17.2. The third-order valence-corrected chi connectivity index (χ3v) is 4.15. The summed E-state index contributed by atoms with van der Waals surface area (Å²) >= 11 is 3.67. The molecular weight excluding hydrogens is 278 g/mol. The van der Waals surface area contributed by atoms with Crippen LogP contribution in [0.1, 0.15) is 30.0 Å². The van der Waals surface area contributed by atoms with Gasteiger partial charge in [-0.3, -0.25) is 0 Å². The standard InChI is InChI=1S/C14H18BrNO/c1-10-6-5-7-11(13(10)15)14(16-2)12-8-3-4-9-17-12/h5-8,14,16H,3-4,9H2,1-2H3. The molecule has 17 heavy (non-hydrogen) atoms. The highest BCUT2D eigenvalue weighted by atomic mass is 79.9. The number of hydrogen-bond acceptors (Lipinski definition) is 2. The molecule has 0 fully saturated rings. The van der Waals surface area contributed by atoms with Gasteiger partial charge in [0.05, 0.1) is 12.6 Å². The molecule has 92 valence electrons. The third kappa shape index (κ3) is 2.72. The van der Waals surface area contributed by atoms with Crippen LogP contribution < -0.4 is 5.32 Å². The SMILES string of the molecule is CNC(C1=CCCCO1)c1cccc(C)c1Br. The number of nitrogens with one attached hydrogen (secondary N) is 1. The molecule has 1 atom stereocenters. The Kier molecular flexibility index (Phi) is 4.24. The molecule has 0 aliphatic carbocycles. The van der Waals surface area contributed by atoms with Gasteiger partial charge in [-0.15, -0.1) is 0 Å². The molecule has 1 aromatic carbocycles. The third-order valence-electron chi connectivity index (χ3n) is 3.07. The molecule has 1 aliphatic rings. The minimum absolute atomic E-state index is 0.143. The fourth-order valence-electron chi connectivity index (χ4n) is 2.12. The van der Waals surface area contributed by atoms with Crippen LogP contribution in [0.25, 0.3) is 0 Å². The van der Waals surface area contributed by atoms with Gasteiger partial charge in [-0.2, -0.15) is 0 Å². The molecule has 1 heterocycles. The van der Waals surface area contributed by atoms with E-state index in [-0.39, 0.29) is 6.04 Å². The minimum Gasteiger partial charge on any atom is -0.496 e. The predicted octanol–water partition coefficient (Wildman–Crippen LogP) is 3.71. The van der Waals surface area contributed by atoms with E-state index in [0.717, 1.165) is 29.7 Å². The predicted molar refractivity (Wildman–Crippen MR) is 73.9 cm³/mol. The Morgan fingerprint density at radius 1 is 1.41 bits per heavy atom. The number of allylic oxidation sites excluding steroid dienone is 1. The fraction of sp³-hybridized carbons (Fsp3) is 0.429. The number of rotatable bonds is 3. The molecule has 0 saturated heterocycles. The van der Waals surface area contributed by atoms with E-state index in [2.05, 4.69) is 52.4 Å². The van der Waals surface area contributed by atoms with Crippen LogP contribution in [0.3, 0.4) is 0 Å². The zero-order valence-corrected chi connectivity index (χ0v) is 11.9. The van der Waals surface area contributed by atoms with Gasteiger partial charge in [-0.05, 0) is 44.0 Å². The summed E-state index contributed by atoms with van der Waals surface area (Å²) in [6.45, 7) is 2.93. The zero-order chi connectivity index (χ0) is 12.3. The lowest BCUT2D eigenvalue weighted by molar-refractivity contribution is 0.169. The molecule has 0 aromatic heterocycles. The van der Waals surface area contributed by atoms with Crippen LogP contribution in [-0.2, 0) is 4.74 Å². The van der Waals surface area contributed by atoms with Crippen LogP contribution in [0.4, 0.5) is 0 Å². The second kappa shape index (κ2) is 5.69. The van der Waals surface area contributed by atoms with Gasteiger partial charge >= 0.3 is 0 Å². The van der Waals surface area contributed by atoms with Gasteiger partial charge in [0.25, 0.3) is 0 Å². The van der Waals surface area contributed by atoms with Gasteiger partial charge in [-0.25, -0.2) is 0 Å². The molecular formula is C14H18BrNO. The van der Waals surface area contributed by atoms with Gasteiger partial charge < -0.3 is 10.1 Å². The quantitative estimate of drug-likeness (QED) is 0.918. The Bertz CT molecular complexity index is 428. The second-order valence-corrected chi connectivity index (χ2v) is 5.09. The van der Waals surface area contributed by atoms with E-state index < -0.39 is 0 Å². The summed E-state index contributed by atoms with van der Waals surface area (Å²) in [4.78, 5) is 0. The molecule has 2 nitrogen and oxygen atoms in total. The highest BCUT2D eigenvalue weighted by Crippen LogP contribution is 2.32. The molecule has 0 radical (unpaired) electrons. The Morgan fingerprint density at radius 3 is 2.88 bits per heavy atom. The first-order valence-electron chi connectivity index (χ1n) is 5.99. The van der Waals surface area contributed by atoms with Crippen LogP contribution >= 0.6 is 15.9 Å². The Hall–Kier alpha value is -0.800. The first-order chi connectivity index (χ1) is 8.24. The van der Waals surface area contributed by atoms with Crippen LogP contribution in [0, 0.1) is 6.92 Å². The number of hydrogen-bond donors (Lipinski definition) is 1. The number of benzene rings is 1. The highest BCUT2D eigenvalue weighted by molar-refractivity contribution is 9.10. The molecule has 0 amide bonds. The average molecular weight is 296 g/mol. The molecule has 1 aliphatic heterocycles. The number of likely N-dealkylation sites (N-methyl/N-ethyl adjacent to an activating group) is 1. The van der Waals surface area contributed by atoms with Crippen molar-refractivity contribution in [2.24, 2.45) is 0 Å². The van der Waals surface area contributed by atoms with E-state index in [4.69, 9.17) is 4.74 Å². The summed E-state index contributed by atoms with van der Waals surface area (Å²) in [5, 5.41) is 3.33. The van der Waals surface area contributed by atoms with Crippen molar-refractivity contribution in [1.82, 2.24) is 5.32 Å². The van der Waals surface area contributed by atoms with Crippen molar-refractivity contribution >= 4 is 15.9 Å². The lowest BCUT2D eigenvalue weighted by Crippen LogP contribution is -2.22. The molecule has 1 unspecified atom stereocenters. The van der Waals surface area contributed by atoms with Crippen molar-refractivity contribution in [1.29, 1.82) is 0 Å². The largest absolute Gasteiger partial charge is 0.496 e. The molecule has 0 bridgehead atoms. The summed E-state index contributed by atoms with van der Waals surface area (Å²) in [6.07, 6.45) is 4.42. The minimum atomic E-state index is 0.143. The van der Waals surface area contributed by atoms with Gasteiger partial charge in [0.2, 0.25) is 0 Å². The Morgan fingerprint density at radius 2 is 2.24 bits per heavy atom. The number of aryl methyl sites for hydroxylation is 1. The van der Waals surface area contributed by atoms with Gasteiger partial charge in [0.1, 0.15) is 5.76 Å². The fourth-order valence-corrected chi connectivity index (χ4v) is 2.62. The lowest BCUT2D eigenvalue weighted by Gasteiger charge is -2.25. The van der Waals surface area contributed by atoms with Crippen molar-refractivity contribution in [2.45, 2.75) is 25.8 Å². The Labute approximate surface area is 111 Å². The van der Waals surface area contributed by atoms with E-state index in [0.29, 0.717) is 0 Å². The van der Waals surface area contributed by atoms with E-state index in [9.17, 15) is 0 Å². The maximum absolute atomic E-state index is 5.76. The van der Waals surface area contributed by atoms with Gasteiger partial charge in [0.15, 0.2) is 0 Å². The highest BCUT2D eigenvalue weighted by Gasteiger charge is 2.20. The summed E-state index contributed by atoms with van der Waals surface area (Å²) in [5.74, 6) is 1.05. The average Bonchev–Trinajstić information content (AvgIpc) is 2.37. The number of ether oxygens (including phenoxy) is 1. The van der Waals surface area contributed by atoms with E-state index in [1.165, 1.54) is 11.1 Å². The first kappa shape index (κ1) is 12.7. The van der Waals surface area contributed by atoms with Crippen LogP contribution in [0.2, 0.25) is 0 Å². The maximum Gasteiger partial charge on any atom is 0.113 e. The van der Waals surface area contributed by atoms with Gasteiger partial charge in [0, 0.05) is 4.47 Å². The lowest BCUT2D eigenvalue weighted by atomic mass is 10.0. The summed E-state index contributed by atoms with van der Waals surface area (Å²) in [5.41, 5.74) is 2.49. The van der Waals surface area contributed by atoms with E-state index in [1.54, 1.807) is 0 Å². The number of halogens is 1. The van der Waals surface area contributed by atoms with Crippen molar-refractivity contribution in [2.75, 3.05) is 13.7 Å². The maximum atomic E-state index is 5.76. The molecule has 2 rings (SSSR count). The van der Waals surface area contributed by atoms with Crippen LogP contribution in [0.5, 0.6) is 0 Å². The van der Waals surface area contributed by atoms with E-state index >= 15 is 0 Å². The second-order valence-electron chi connectivity index (χ2n) is 4.30.